The van der Waals surface area contributed by atoms with Crippen LogP contribution in [0, 0.1) is 5.82 Å². The summed E-state index contributed by atoms with van der Waals surface area (Å²) in [5.41, 5.74) is 9.66. The lowest BCUT2D eigenvalue weighted by Crippen LogP contribution is -2.14. The van der Waals surface area contributed by atoms with Gasteiger partial charge < -0.3 is 20.1 Å². The van der Waals surface area contributed by atoms with E-state index in [1.165, 1.54) is 19.2 Å². The maximum Gasteiger partial charge on any atom is 0.250 e. The number of hydrogen-bond donors (Lipinski definition) is 2. The number of carbonyl (C=O) groups is 1. The van der Waals surface area contributed by atoms with Gasteiger partial charge in [0.2, 0.25) is 0 Å². The molecule has 5 nitrogen and oxygen atoms in total. The number of rotatable bonds is 3. The van der Waals surface area contributed by atoms with Crippen LogP contribution in [-0.2, 0) is 13.0 Å². The Morgan fingerprint density at radius 2 is 2.08 bits per heavy atom. The van der Waals surface area contributed by atoms with Gasteiger partial charge in [0.15, 0.2) is 11.5 Å². The molecule has 0 fully saturated rings. The van der Waals surface area contributed by atoms with Gasteiger partial charge in [-0.2, -0.15) is 0 Å². The van der Waals surface area contributed by atoms with Crippen molar-refractivity contribution >= 4 is 5.91 Å². The Morgan fingerprint density at radius 1 is 1.27 bits per heavy atom. The SMILES string of the molecule is COc1cc2c(cc1O)-c1cc(C(N)=O)c(-c3cccc(F)c3)n1CC2. The second-order valence-corrected chi connectivity index (χ2v) is 6.25. The van der Waals surface area contributed by atoms with Gasteiger partial charge in [-0.25, -0.2) is 4.39 Å². The molecule has 132 valence electrons. The highest BCUT2D eigenvalue weighted by molar-refractivity contribution is 6.01. The summed E-state index contributed by atoms with van der Waals surface area (Å²) in [6.45, 7) is 0.607. The number of aryl methyl sites for hydroxylation is 1. The van der Waals surface area contributed by atoms with E-state index in [9.17, 15) is 14.3 Å². The Morgan fingerprint density at radius 3 is 2.77 bits per heavy atom. The number of aromatic hydroxyl groups is 1. The largest absolute Gasteiger partial charge is 0.504 e. The van der Waals surface area contributed by atoms with Gasteiger partial charge in [0.1, 0.15) is 5.82 Å². The summed E-state index contributed by atoms with van der Waals surface area (Å²) >= 11 is 0. The van der Waals surface area contributed by atoms with Crippen LogP contribution in [0.3, 0.4) is 0 Å². The molecule has 1 aliphatic heterocycles. The van der Waals surface area contributed by atoms with Crippen molar-refractivity contribution in [1.82, 2.24) is 4.57 Å². The van der Waals surface area contributed by atoms with Crippen LogP contribution in [0.1, 0.15) is 15.9 Å². The topological polar surface area (TPSA) is 77.5 Å². The zero-order valence-corrected chi connectivity index (χ0v) is 14.1. The molecule has 0 radical (unpaired) electrons. The molecule has 0 unspecified atom stereocenters. The first kappa shape index (κ1) is 16.2. The van der Waals surface area contributed by atoms with Crippen molar-refractivity contribution in [3.8, 4) is 34.0 Å². The number of nitrogens with two attached hydrogens (primary N) is 1. The summed E-state index contributed by atoms with van der Waals surface area (Å²) in [4.78, 5) is 12.0. The first-order valence-corrected chi connectivity index (χ1v) is 8.19. The minimum atomic E-state index is -0.578. The van der Waals surface area contributed by atoms with Crippen molar-refractivity contribution in [3.05, 3.63) is 59.4 Å². The number of halogens is 1. The van der Waals surface area contributed by atoms with E-state index in [1.54, 1.807) is 30.3 Å². The number of amides is 1. The van der Waals surface area contributed by atoms with E-state index >= 15 is 0 Å². The number of aromatic nitrogens is 1. The van der Waals surface area contributed by atoms with E-state index in [4.69, 9.17) is 10.5 Å². The van der Waals surface area contributed by atoms with E-state index < -0.39 is 5.91 Å². The molecule has 0 atom stereocenters. The molecular weight excluding hydrogens is 335 g/mol. The fourth-order valence-corrected chi connectivity index (χ4v) is 3.59. The maximum absolute atomic E-state index is 13.7. The molecule has 1 aliphatic rings. The number of phenolic OH excluding ortho intramolecular Hbond substituents is 1. The van der Waals surface area contributed by atoms with Gasteiger partial charge >= 0.3 is 0 Å². The molecule has 26 heavy (non-hydrogen) atoms. The predicted octanol–water partition coefficient (Wildman–Crippen LogP) is 3.33. The third-order valence-electron chi connectivity index (χ3n) is 4.75. The summed E-state index contributed by atoms with van der Waals surface area (Å²) in [7, 11) is 1.50. The van der Waals surface area contributed by atoms with Crippen molar-refractivity contribution in [2.75, 3.05) is 7.11 Å². The quantitative estimate of drug-likeness (QED) is 0.759. The summed E-state index contributed by atoms with van der Waals surface area (Å²) in [6.07, 6.45) is 0.689. The van der Waals surface area contributed by atoms with Gasteiger partial charge in [0.25, 0.3) is 5.91 Å². The Balaban J connectivity index is 1.98. The lowest BCUT2D eigenvalue weighted by molar-refractivity contribution is 0.100. The van der Waals surface area contributed by atoms with Crippen LogP contribution in [0.15, 0.2) is 42.5 Å². The Hall–Kier alpha value is -3.28. The second kappa shape index (κ2) is 5.91. The average molecular weight is 352 g/mol. The van der Waals surface area contributed by atoms with E-state index in [1.807, 2.05) is 4.57 Å². The van der Waals surface area contributed by atoms with Crippen LogP contribution in [0.5, 0.6) is 11.5 Å². The number of benzene rings is 2. The first-order chi connectivity index (χ1) is 12.5. The van der Waals surface area contributed by atoms with Gasteiger partial charge in [0.05, 0.1) is 18.4 Å². The number of hydrogen-bond acceptors (Lipinski definition) is 3. The number of methoxy groups -OCH3 is 1. The average Bonchev–Trinajstić information content (AvgIpc) is 3.01. The molecule has 2 heterocycles. The fourth-order valence-electron chi connectivity index (χ4n) is 3.59. The number of ether oxygens (including phenoxy) is 1. The summed E-state index contributed by atoms with van der Waals surface area (Å²) in [5.74, 6) is -0.532. The number of fused-ring (bicyclic) bond motifs is 3. The molecular formula is C20H17FN2O3. The predicted molar refractivity (Wildman–Crippen MR) is 95.7 cm³/mol. The van der Waals surface area contributed by atoms with E-state index in [0.29, 0.717) is 35.5 Å². The van der Waals surface area contributed by atoms with Crippen LogP contribution >= 0.6 is 0 Å². The monoisotopic (exact) mass is 352 g/mol. The molecule has 4 rings (SSSR count). The normalized spacial score (nSPS) is 12.4. The zero-order valence-electron chi connectivity index (χ0n) is 14.1. The molecule has 0 spiro atoms. The molecule has 2 aromatic carbocycles. The molecule has 3 aromatic rings. The standard InChI is InChI=1S/C20H17FN2O3/c1-26-18-8-11-5-6-23-16(14(11)10-17(18)24)9-15(20(22)25)19(23)12-3-2-4-13(21)7-12/h2-4,7-10,24H,5-6H2,1H3,(H2,22,25). The van der Waals surface area contributed by atoms with Crippen LogP contribution in [-0.4, -0.2) is 22.7 Å². The van der Waals surface area contributed by atoms with Crippen molar-refractivity contribution in [1.29, 1.82) is 0 Å². The van der Waals surface area contributed by atoms with Crippen molar-refractivity contribution in [3.63, 3.8) is 0 Å². The van der Waals surface area contributed by atoms with Crippen LogP contribution in [0.2, 0.25) is 0 Å². The molecule has 1 amide bonds. The van der Waals surface area contributed by atoms with E-state index in [0.717, 1.165) is 16.8 Å². The zero-order chi connectivity index (χ0) is 18.4. The molecule has 3 N–H and O–H groups in total. The molecule has 0 saturated carbocycles. The Labute approximate surface area is 149 Å². The number of nitrogens with zero attached hydrogens (tertiary/aromatic N) is 1. The summed E-state index contributed by atoms with van der Waals surface area (Å²) in [6, 6.07) is 11.2. The summed E-state index contributed by atoms with van der Waals surface area (Å²) in [5, 5.41) is 10.2. The highest BCUT2D eigenvalue weighted by Crippen LogP contribution is 2.42. The molecule has 0 aliphatic carbocycles. The van der Waals surface area contributed by atoms with Crippen molar-refractivity contribution in [2.45, 2.75) is 13.0 Å². The maximum atomic E-state index is 13.7. The number of primary amides is 1. The molecule has 6 heteroatoms. The van der Waals surface area contributed by atoms with Gasteiger partial charge in [-0.3, -0.25) is 4.79 Å². The highest BCUT2D eigenvalue weighted by atomic mass is 19.1. The Bertz CT molecular complexity index is 1040. The number of carbonyl (C=O) groups excluding carboxylic acids is 1. The highest BCUT2D eigenvalue weighted by Gasteiger charge is 2.26. The first-order valence-electron chi connectivity index (χ1n) is 8.19. The van der Waals surface area contributed by atoms with Gasteiger partial charge in [0, 0.05) is 23.4 Å². The molecule has 1 aromatic heterocycles. The van der Waals surface area contributed by atoms with Gasteiger partial charge in [-0.15, -0.1) is 0 Å². The third kappa shape index (κ3) is 2.42. The smallest absolute Gasteiger partial charge is 0.250 e. The van der Waals surface area contributed by atoms with E-state index in [-0.39, 0.29) is 11.6 Å². The number of phenols is 1. The van der Waals surface area contributed by atoms with Crippen molar-refractivity contribution in [2.24, 2.45) is 5.73 Å². The van der Waals surface area contributed by atoms with Crippen LogP contribution in [0.4, 0.5) is 4.39 Å². The van der Waals surface area contributed by atoms with Gasteiger partial charge in [-0.05, 0) is 42.3 Å². The second-order valence-electron chi connectivity index (χ2n) is 6.25. The minimum absolute atomic E-state index is 0.0221. The van der Waals surface area contributed by atoms with Crippen LogP contribution in [0.25, 0.3) is 22.5 Å². The van der Waals surface area contributed by atoms with Crippen LogP contribution < -0.4 is 10.5 Å². The third-order valence-corrected chi connectivity index (χ3v) is 4.75. The van der Waals surface area contributed by atoms with Crippen molar-refractivity contribution < 1.29 is 19.0 Å². The molecule has 0 bridgehead atoms. The lowest BCUT2D eigenvalue weighted by Gasteiger charge is -2.22. The lowest BCUT2D eigenvalue weighted by atomic mass is 9.97. The fraction of sp³-hybridized carbons (Fsp3) is 0.150. The summed E-state index contributed by atoms with van der Waals surface area (Å²) < 4.78 is 20.9. The molecule has 0 saturated heterocycles. The van der Waals surface area contributed by atoms with E-state index in [2.05, 4.69) is 0 Å². The minimum Gasteiger partial charge on any atom is -0.504 e. The Kier molecular flexibility index (Phi) is 3.68. The van der Waals surface area contributed by atoms with Gasteiger partial charge in [-0.1, -0.05) is 12.1 Å².